The lowest BCUT2D eigenvalue weighted by molar-refractivity contribution is 1.33. The molecule has 0 fully saturated rings. The molecule has 0 radical (unpaired) electrons. The van der Waals surface area contributed by atoms with Gasteiger partial charge in [-0.3, -0.25) is 0 Å². The molecule has 0 saturated heterocycles. The van der Waals surface area contributed by atoms with Crippen LogP contribution in [0.15, 0.2) is 127 Å². The number of hydrogen-bond donors (Lipinski definition) is 0. The Bertz CT molecular complexity index is 2250. The highest BCUT2D eigenvalue weighted by Crippen LogP contribution is 2.49. The largest absolute Gasteiger partial charge is 0.0616 e. The fourth-order valence-corrected chi connectivity index (χ4v) is 7.33. The van der Waals surface area contributed by atoms with E-state index in [2.05, 4.69) is 148 Å². The normalized spacial score (nSPS) is 11.8. The van der Waals surface area contributed by atoms with Crippen molar-refractivity contribution in [2.24, 2.45) is 0 Å². The van der Waals surface area contributed by atoms with Crippen molar-refractivity contribution in [3.8, 4) is 22.3 Å². The van der Waals surface area contributed by atoms with Gasteiger partial charge in [-0.2, -0.15) is 0 Å². The Balaban J connectivity index is 1.63. The van der Waals surface area contributed by atoms with Gasteiger partial charge in [-0.05, 0) is 114 Å². The monoisotopic (exact) mass is 522 g/mol. The highest BCUT2D eigenvalue weighted by atomic mass is 14.2. The van der Waals surface area contributed by atoms with E-state index in [1.807, 2.05) is 0 Å². The SMILES string of the molecule is Cc1cc(C)c(-c2c3ccccc3c(-c3c4ccccc4cc4c3ccc3ccccc34)c3ccccc23)c(C)c1. The third kappa shape index (κ3) is 3.54. The van der Waals surface area contributed by atoms with E-state index < -0.39 is 0 Å². The number of rotatable bonds is 2. The van der Waals surface area contributed by atoms with E-state index in [-0.39, 0.29) is 0 Å². The maximum Gasteiger partial charge on any atom is -0.00139 e. The lowest BCUT2D eigenvalue weighted by Crippen LogP contribution is -1.96. The third-order valence-corrected chi connectivity index (χ3v) is 8.88. The van der Waals surface area contributed by atoms with Crippen LogP contribution in [0, 0.1) is 20.8 Å². The molecule has 41 heavy (non-hydrogen) atoms. The lowest BCUT2D eigenvalue weighted by atomic mass is 9.81. The zero-order valence-electron chi connectivity index (χ0n) is 23.6. The summed E-state index contributed by atoms with van der Waals surface area (Å²) in [5.74, 6) is 0. The number of benzene rings is 8. The minimum absolute atomic E-state index is 1.27. The van der Waals surface area contributed by atoms with Crippen LogP contribution >= 0.6 is 0 Å². The summed E-state index contributed by atoms with van der Waals surface area (Å²) in [5, 5.41) is 12.9. The summed E-state index contributed by atoms with van der Waals surface area (Å²) in [7, 11) is 0. The van der Waals surface area contributed by atoms with Crippen LogP contribution in [0.2, 0.25) is 0 Å². The average molecular weight is 523 g/mol. The second-order valence-electron chi connectivity index (χ2n) is 11.5. The smallest absolute Gasteiger partial charge is 0.00139 e. The summed E-state index contributed by atoms with van der Waals surface area (Å²) in [6.45, 7) is 6.71. The van der Waals surface area contributed by atoms with Crippen molar-refractivity contribution in [3.05, 3.63) is 144 Å². The molecule has 194 valence electrons. The predicted molar refractivity (Wildman–Crippen MR) is 179 cm³/mol. The fraction of sp³-hybridized carbons (Fsp3) is 0.0732. The molecule has 0 bridgehead atoms. The predicted octanol–water partition coefficient (Wildman–Crippen LogP) is 11.7. The first-order valence-electron chi connectivity index (χ1n) is 14.5. The average Bonchev–Trinajstić information content (AvgIpc) is 2.99. The first-order valence-corrected chi connectivity index (χ1v) is 14.5. The van der Waals surface area contributed by atoms with Gasteiger partial charge in [0.25, 0.3) is 0 Å². The van der Waals surface area contributed by atoms with E-state index in [1.54, 1.807) is 0 Å². The fourth-order valence-electron chi connectivity index (χ4n) is 7.33. The molecule has 0 N–H and O–H groups in total. The zero-order valence-corrected chi connectivity index (χ0v) is 23.6. The van der Waals surface area contributed by atoms with Gasteiger partial charge in [-0.25, -0.2) is 0 Å². The third-order valence-electron chi connectivity index (χ3n) is 8.88. The van der Waals surface area contributed by atoms with E-state index in [0.717, 1.165) is 0 Å². The van der Waals surface area contributed by atoms with Crippen LogP contribution < -0.4 is 0 Å². The molecule has 8 aromatic rings. The molecule has 0 heteroatoms. The first kappa shape index (κ1) is 23.9. The molecule has 0 aliphatic rings. The van der Waals surface area contributed by atoms with Gasteiger partial charge in [0, 0.05) is 0 Å². The Hall–Kier alpha value is -4.94. The van der Waals surface area contributed by atoms with E-state index >= 15 is 0 Å². The van der Waals surface area contributed by atoms with Crippen LogP contribution in [-0.2, 0) is 0 Å². The van der Waals surface area contributed by atoms with Crippen LogP contribution in [0.5, 0.6) is 0 Å². The van der Waals surface area contributed by atoms with E-state index in [4.69, 9.17) is 0 Å². The topological polar surface area (TPSA) is 0 Å². The quantitative estimate of drug-likeness (QED) is 0.156. The first-order chi connectivity index (χ1) is 20.1. The van der Waals surface area contributed by atoms with Gasteiger partial charge in [0.05, 0.1) is 0 Å². The number of fused-ring (bicyclic) bond motifs is 6. The van der Waals surface area contributed by atoms with Crippen molar-refractivity contribution in [2.45, 2.75) is 20.8 Å². The second-order valence-corrected chi connectivity index (χ2v) is 11.5. The zero-order chi connectivity index (χ0) is 27.7. The summed E-state index contributed by atoms with van der Waals surface area (Å²) in [5.41, 5.74) is 9.29. The molecule has 0 unspecified atom stereocenters. The molecule has 0 nitrogen and oxygen atoms in total. The minimum atomic E-state index is 1.27. The maximum absolute atomic E-state index is 2.38. The number of aryl methyl sites for hydroxylation is 3. The molecule has 0 heterocycles. The summed E-state index contributed by atoms with van der Waals surface area (Å²) < 4.78 is 0. The molecule has 0 aliphatic carbocycles. The lowest BCUT2D eigenvalue weighted by Gasteiger charge is -2.22. The van der Waals surface area contributed by atoms with Gasteiger partial charge in [-0.15, -0.1) is 0 Å². The van der Waals surface area contributed by atoms with Crippen LogP contribution in [0.25, 0.3) is 76.1 Å². The molecule has 0 saturated carbocycles. The van der Waals surface area contributed by atoms with Gasteiger partial charge in [0.2, 0.25) is 0 Å². The van der Waals surface area contributed by atoms with E-state index in [0.29, 0.717) is 0 Å². The van der Waals surface area contributed by atoms with Gasteiger partial charge < -0.3 is 0 Å². The van der Waals surface area contributed by atoms with Crippen LogP contribution in [0.3, 0.4) is 0 Å². The van der Waals surface area contributed by atoms with Crippen LogP contribution in [-0.4, -0.2) is 0 Å². The minimum Gasteiger partial charge on any atom is -0.0616 e. The van der Waals surface area contributed by atoms with Gasteiger partial charge in [0.1, 0.15) is 0 Å². The second kappa shape index (κ2) is 9.04. The van der Waals surface area contributed by atoms with Crippen molar-refractivity contribution in [1.29, 1.82) is 0 Å². The van der Waals surface area contributed by atoms with Crippen molar-refractivity contribution in [3.63, 3.8) is 0 Å². The Kier molecular flexibility index (Phi) is 5.27. The molecule has 0 spiro atoms. The van der Waals surface area contributed by atoms with Crippen LogP contribution in [0.4, 0.5) is 0 Å². The Morgan fingerprint density at radius 1 is 0.293 bits per heavy atom. The summed E-state index contributed by atoms with van der Waals surface area (Å²) in [6, 6.07) is 47.4. The van der Waals surface area contributed by atoms with Gasteiger partial charge in [-0.1, -0.05) is 127 Å². The van der Waals surface area contributed by atoms with Crippen molar-refractivity contribution >= 4 is 53.9 Å². The Morgan fingerprint density at radius 2 is 0.707 bits per heavy atom. The molecule has 0 amide bonds. The highest BCUT2D eigenvalue weighted by molar-refractivity contribution is 6.29. The van der Waals surface area contributed by atoms with Crippen molar-refractivity contribution in [1.82, 2.24) is 0 Å². The molecular weight excluding hydrogens is 492 g/mol. The van der Waals surface area contributed by atoms with Crippen LogP contribution in [0.1, 0.15) is 16.7 Å². The molecule has 8 aromatic carbocycles. The summed E-state index contributed by atoms with van der Waals surface area (Å²) >= 11 is 0. The molecular formula is C41H30. The Morgan fingerprint density at radius 3 is 1.29 bits per heavy atom. The number of hydrogen-bond acceptors (Lipinski definition) is 0. The molecule has 8 rings (SSSR count). The molecule has 0 aromatic heterocycles. The van der Waals surface area contributed by atoms with Gasteiger partial charge >= 0.3 is 0 Å². The van der Waals surface area contributed by atoms with E-state index in [9.17, 15) is 0 Å². The highest BCUT2D eigenvalue weighted by Gasteiger charge is 2.21. The Labute approximate surface area is 240 Å². The van der Waals surface area contributed by atoms with E-state index in [1.165, 1.54) is 92.8 Å². The van der Waals surface area contributed by atoms with Crippen molar-refractivity contribution < 1.29 is 0 Å². The van der Waals surface area contributed by atoms with Crippen molar-refractivity contribution in [2.75, 3.05) is 0 Å². The summed E-state index contributed by atoms with van der Waals surface area (Å²) in [6.07, 6.45) is 0. The summed E-state index contributed by atoms with van der Waals surface area (Å²) in [4.78, 5) is 0. The maximum atomic E-state index is 2.38. The molecule has 0 aliphatic heterocycles. The molecule has 0 atom stereocenters. The standard InChI is InChI=1S/C41H30/c1-25-22-26(2)38(27(3)23-25)40-32-16-8-10-18-34(32)41(35-19-11-9-17-33(35)40)39-31-15-7-5-13-29(31)24-37-30-14-6-4-12-28(30)20-21-36(37)39/h4-24H,1-3H3. The van der Waals surface area contributed by atoms with Gasteiger partial charge in [0.15, 0.2) is 0 Å².